The average molecular weight is 455 g/mol. The zero-order valence-corrected chi connectivity index (χ0v) is 19.5. The van der Waals surface area contributed by atoms with Crippen LogP contribution in [0, 0.1) is 6.92 Å². The second-order valence-electron chi connectivity index (χ2n) is 8.49. The zero-order valence-electron chi connectivity index (χ0n) is 19.5. The predicted octanol–water partition coefficient (Wildman–Crippen LogP) is 1.82. The Morgan fingerprint density at radius 1 is 1.18 bits per heavy atom. The van der Waals surface area contributed by atoms with E-state index in [-0.39, 0.29) is 17.7 Å². The molecular formula is C23H30N6O4. The molecule has 3 aromatic rings. The van der Waals surface area contributed by atoms with Gasteiger partial charge in [-0.05, 0) is 32.3 Å². The lowest BCUT2D eigenvalue weighted by Crippen LogP contribution is -2.43. The standard InChI is InChI=1S/C23H30N6O4/c1-5-33-23(32)28-11-9-17(10-12-28)24-21-25-19-18(20(30)27(4)22(31)26(19)3)29(21)14-16-8-6-7-15(2)13-16/h6-8,13,17H,5,9-12,14H2,1-4H3,(H,24,25). The number of amides is 1. The molecule has 1 saturated heterocycles. The van der Waals surface area contributed by atoms with Crippen molar-refractivity contribution in [2.24, 2.45) is 14.1 Å². The lowest BCUT2D eigenvalue weighted by molar-refractivity contribution is 0.0983. The van der Waals surface area contributed by atoms with Gasteiger partial charge in [0.15, 0.2) is 11.2 Å². The van der Waals surface area contributed by atoms with Crippen molar-refractivity contribution < 1.29 is 9.53 Å². The van der Waals surface area contributed by atoms with Crippen molar-refractivity contribution in [1.29, 1.82) is 0 Å². The number of fused-ring (bicyclic) bond motifs is 1. The van der Waals surface area contributed by atoms with Crippen molar-refractivity contribution in [3.05, 3.63) is 56.2 Å². The Balaban J connectivity index is 1.69. The van der Waals surface area contributed by atoms with Crippen molar-refractivity contribution in [1.82, 2.24) is 23.6 Å². The number of carbonyl (C=O) groups is 1. The van der Waals surface area contributed by atoms with E-state index in [1.165, 1.54) is 11.6 Å². The quantitative estimate of drug-likeness (QED) is 0.631. The molecule has 1 aliphatic rings. The van der Waals surface area contributed by atoms with Gasteiger partial charge in [0.1, 0.15) is 0 Å². The summed E-state index contributed by atoms with van der Waals surface area (Å²) in [5.41, 5.74) is 2.10. The van der Waals surface area contributed by atoms with E-state index in [2.05, 4.69) is 16.4 Å². The number of anilines is 1. The molecule has 0 atom stereocenters. The van der Waals surface area contributed by atoms with Gasteiger partial charge in [-0.2, -0.15) is 4.98 Å². The van der Waals surface area contributed by atoms with Crippen LogP contribution >= 0.6 is 0 Å². The number of aryl methyl sites for hydroxylation is 2. The van der Waals surface area contributed by atoms with Gasteiger partial charge in [-0.1, -0.05) is 29.8 Å². The van der Waals surface area contributed by atoms with Crippen LogP contribution in [-0.2, 0) is 25.4 Å². The van der Waals surface area contributed by atoms with E-state index in [1.807, 2.05) is 29.7 Å². The van der Waals surface area contributed by atoms with E-state index in [0.29, 0.717) is 43.4 Å². The summed E-state index contributed by atoms with van der Waals surface area (Å²) in [4.78, 5) is 43.9. The number of imidazole rings is 1. The number of rotatable bonds is 5. The number of benzene rings is 1. The lowest BCUT2D eigenvalue weighted by Gasteiger charge is -2.31. The fourth-order valence-electron chi connectivity index (χ4n) is 4.31. The molecule has 33 heavy (non-hydrogen) atoms. The summed E-state index contributed by atoms with van der Waals surface area (Å²) >= 11 is 0. The van der Waals surface area contributed by atoms with Crippen LogP contribution in [0.4, 0.5) is 10.7 Å². The maximum absolute atomic E-state index is 13.1. The molecule has 10 heteroatoms. The first-order chi connectivity index (χ1) is 15.8. The van der Waals surface area contributed by atoms with Crippen molar-refractivity contribution in [3.63, 3.8) is 0 Å². The van der Waals surface area contributed by atoms with E-state index >= 15 is 0 Å². The maximum atomic E-state index is 13.1. The number of hydrogen-bond donors (Lipinski definition) is 1. The molecule has 2 aromatic heterocycles. The van der Waals surface area contributed by atoms with Crippen LogP contribution in [-0.4, -0.2) is 55.4 Å². The van der Waals surface area contributed by atoms with Gasteiger partial charge in [0, 0.05) is 33.2 Å². The van der Waals surface area contributed by atoms with Gasteiger partial charge in [0.05, 0.1) is 13.2 Å². The normalized spacial score (nSPS) is 14.6. The minimum atomic E-state index is -0.415. The summed E-state index contributed by atoms with van der Waals surface area (Å²) in [5, 5.41) is 3.47. The number of aromatic nitrogens is 4. The molecule has 4 rings (SSSR count). The summed E-state index contributed by atoms with van der Waals surface area (Å²) in [7, 11) is 3.10. The van der Waals surface area contributed by atoms with Gasteiger partial charge in [-0.15, -0.1) is 0 Å². The molecule has 0 unspecified atom stereocenters. The molecule has 0 bridgehead atoms. The molecule has 10 nitrogen and oxygen atoms in total. The van der Waals surface area contributed by atoms with E-state index in [1.54, 1.807) is 18.9 Å². The topological polar surface area (TPSA) is 103 Å². The maximum Gasteiger partial charge on any atom is 0.409 e. The number of carbonyl (C=O) groups excluding carboxylic acids is 1. The highest BCUT2D eigenvalue weighted by molar-refractivity contribution is 5.74. The number of nitrogens with one attached hydrogen (secondary N) is 1. The third-order valence-electron chi connectivity index (χ3n) is 6.13. The van der Waals surface area contributed by atoms with Crippen molar-refractivity contribution >= 4 is 23.2 Å². The molecule has 1 fully saturated rings. The van der Waals surface area contributed by atoms with Crippen molar-refractivity contribution in [2.45, 2.75) is 39.3 Å². The van der Waals surface area contributed by atoms with E-state index in [9.17, 15) is 14.4 Å². The van der Waals surface area contributed by atoms with Gasteiger partial charge < -0.3 is 15.0 Å². The van der Waals surface area contributed by atoms with Crippen molar-refractivity contribution in [3.8, 4) is 0 Å². The van der Waals surface area contributed by atoms with Crippen LogP contribution in [0.2, 0.25) is 0 Å². The Kier molecular flexibility index (Phi) is 6.26. The first-order valence-electron chi connectivity index (χ1n) is 11.2. The number of nitrogens with zero attached hydrogens (tertiary/aromatic N) is 5. The predicted molar refractivity (Wildman–Crippen MR) is 126 cm³/mol. The van der Waals surface area contributed by atoms with Gasteiger partial charge in [-0.3, -0.25) is 18.5 Å². The molecule has 0 radical (unpaired) electrons. The smallest absolute Gasteiger partial charge is 0.409 e. The molecule has 1 amide bonds. The van der Waals surface area contributed by atoms with Crippen LogP contribution in [0.1, 0.15) is 30.9 Å². The minimum Gasteiger partial charge on any atom is -0.450 e. The van der Waals surface area contributed by atoms with E-state index in [0.717, 1.165) is 28.5 Å². The summed E-state index contributed by atoms with van der Waals surface area (Å²) in [6.07, 6.45) is 1.16. The third kappa shape index (κ3) is 4.37. The fourth-order valence-corrected chi connectivity index (χ4v) is 4.31. The van der Waals surface area contributed by atoms with Gasteiger partial charge in [0.2, 0.25) is 5.95 Å². The SMILES string of the molecule is CCOC(=O)N1CCC(Nc2nc3c(c(=O)n(C)c(=O)n3C)n2Cc2cccc(C)c2)CC1. The Labute approximate surface area is 191 Å². The molecule has 176 valence electrons. The summed E-state index contributed by atoms with van der Waals surface area (Å²) in [5.74, 6) is 0.541. The number of likely N-dealkylation sites (tertiary alicyclic amines) is 1. The highest BCUT2D eigenvalue weighted by Crippen LogP contribution is 2.22. The average Bonchev–Trinajstić information content (AvgIpc) is 3.15. The van der Waals surface area contributed by atoms with Crippen LogP contribution in [0.15, 0.2) is 33.9 Å². The number of ether oxygens (including phenoxy) is 1. The molecule has 0 saturated carbocycles. The molecular weight excluding hydrogens is 424 g/mol. The van der Waals surface area contributed by atoms with Gasteiger partial charge in [0.25, 0.3) is 5.56 Å². The Hall–Kier alpha value is -3.56. The number of hydrogen-bond acceptors (Lipinski definition) is 6. The molecule has 0 aliphatic carbocycles. The van der Waals surface area contributed by atoms with Gasteiger partial charge in [-0.25, -0.2) is 9.59 Å². The van der Waals surface area contributed by atoms with E-state index < -0.39 is 5.69 Å². The first kappa shape index (κ1) is 22.6. The molecule has 1 aromatic carbocycles. The highest BCUT2D eigenvalue weighted by Gasteiger charge is 2.26. The third-order valence-corrected chi connectivity index (χ3v) is 6.13. The van der Waals surface area contributed by atoms with Crippen LogP contribution < -0.4 is 16.6 Å². The number of piperidine rings is 1. The zero-order chi connectivity index (χ0) is 23.7. The first-order valence-corrected chi connectivity index (χ1v) is 11.2. The van der Waals surface area contributed by atoms with Gasteiger partial charge >= 0.3 is 11.8 Å². The Morgan fingerprint density at radius 2 is 1.91 bits per heavy atom. The second-order valence-corrected chi connectivity index (χ2v) is 8.49. The van der Waals surface area contributed by atoms with Crippen LogP contribution in [0.25, 0.3) is 11.2 Å². The molecule has 1 aliphatic heterocycles. The molecule has 0 spiro atoms. The van der Waals surface area contributed by atoms with Crippen LogP contribution in [0.3, 0.4) is 0 Å². The summed E-state index contributed by atoms with van der Waals surface area (Å²) < 4.78 is 9.46. The highest BCUT2D eigenvalue weighted by atomic mass is 16.6. The van der Waals surface area contributed by atoms with E-state index in [4.69, 9.17) is 4.74 Å². The largest absolute Gasteiger partial charge is 0.450 e. The summed E-state index contributed by atoms with van der Waals surface area (Å²) in [6.45, 7) is 5.77. The summed E-state index contributed by atoms with van der Waals surface area (Å²) in [6, 6.07) is 8.15. The lowest BCUT2D eigenvalue weighted by atomic mass is 10.1. The molecule has 1 N–H and O–H groups in total. The molecule has 3 heterocycles. The van der Waals surface area contributed by atoms with Crippen LogP contribution in [0.5, 0.6) is 0 Å². The second kappa shape index (κ2) is 9.13. The Morgan fingerprint density at radius 3 is 2.58 bits per heavy atom. The fraction of sp³-hybridized carbons (Fsp3) is 0.478. The monoisotopic (exact) mass is 454 g/mol. The van der Waals surface area contributed by atoms with Crippen molar-refractivity contribution in [2.75, 3.05) is 25.0 Å². The Bertz CT molecular complexity index is 1300. The minimum absolute atomic E-state index is 0.0737.